The maximum absolute atomic E-state index is 12.3. The van der Waals surface area contributed by atoms with Crippen LogP contribution >= 0.6 is 0 Å². The van der Waals surface area contributed by atoms with Gasteiger partial charge in [-0.25, -0.2) is 4.98 Å². The molecule has 1 aromatic heterocycles. The number of hydrogen-bond acceptors (Lipinski definition) is 7. The lowest BCUT2D eigenvalue weighted by Gasteiger charge is -2.34. The van der Waals surface area contributed by atoms with E-state index in [-0.39, 0.29) is 5.91 Å². The van der Waals surface area contributed by atoms with Gasteiger partial charge in [-0.15, -0.1) is 0 Å². The van der Waals surface area contributed by atoms with Crippen LogP contribution in [0.5, 0.6) is 11.5 Å². The lowest BCUT2D eigenvalue weighted by molar-refractivity contribution is -0.117. The highest BCUT2D eigenvalue weighted by atomic mass is 16.5. The van der Waals surface area contributed by atoms with Crippen LogP contribution in [-0.4, -0.2) is 67.7 Å². The lowest BCUT2D eigenvalue weighted by atomic mass is 10.2. The maximum atomic E-state index is 12.3. The van der Waals surface area contributed by atoms with Gasteiger partial charge in [-0.3, -0.25) is 14.7 Å². The molecule has 8 heteroatoms. The molecule has 1 aromatic carbocycles. The van der Waals surface area contributed by atoms with E-state index in [2.05, 4.69) is 25.1 Å². The number of ether oxygens (including phenoxy) is 2. The van der Waals surface area contributed by atoms with Crippen molar-refractivity contribution in [2.75, 3.05) is 57.2 Å². The second-order valence-corrected chi connectivity index (χ2v) is 5.94. The molecule has 138 valence electrons. The second kappa shape index (κ2) is 8.48. The number of anilines is 2. The van der Waals surface area contributed by atoms with Gasteiger partial charge in [0.15, 0.2) is 11.5 Å². The topological polar surface area (TPSA) is 79.8 Å². The Kier molecular flexibility index (Phi) is 5.85. The number of methoxy groups -OCH3 is 2. The summed E-state index contributed by atoms with van der Waals surface area (Å²) < 4.78 is 10.5. The first-order valence-corrected chi connectivity index (χ1v) is 8.45. The molecule has 2 aromatic rings. The molecule has 0 spiro atoms. The highest BCUT2D eigenvalue weighted by Crippen LogP contribution is 2.29. The highest BCUT2D eigenvalue weighted by Gasteiger charge is 2.20. The van der Waals surface area contributed by atoms with Crippen molar-refractivity contribution in [2.24, 2.45) is 0 Å². The molecule has 1 aliphatic rings. The smallest absolute Gasteiger partial charge is 0.238 e. The Bertz CT molecular complexity index is 733. The molecule has 0 atom stereocenters. The number of benzene rings is 1. The SMILES string of the molecule is COc1ccc(NC(=O)CN2CCN(c3cnccn3)CC2)cc1OC. The van der Waals surface area contributed by atoms with Crippen LogP contribution in [0.2, 0.25) is 0 Å². The first kappa shape index (κ1) is 17.9. The van der Waals surface area contributed by atoms with E-state index in [0.717, 1.165) is 32.0 Å². The van der Waals surface area contributed by atoms with Gasteiger partial charge < -0.3 is 19.7 Å². The van der Waals surface area contributed by atoms with Crippen LogP contribution in [0.15, 0.2) is 36.8 Å². The van der Waals surface area contributed by atoms with E-state index in [4.69, 9.17) is 9.47 Å². The number of carbonyl (C=O) groups is 1. The first-order chi connectivity index (χ1) is 12.7. The molecule has 2 heterocycles. The average Bonchev–Trinajstić information content (AvgIpc) is 2.69. The molecule has 0 unspecified atom stereocenters. The van der Waals surface area contributed by atoms with Crippen LogP contribution in [-0.2, 0) is 4.79 Å². The van der Waals surface area contributed by atoms with Crippen molar-refractivity contribution in [1.82, 2.24) is 14.9 Å². The average molecular weight is 357 g/mol. The van der Waals surface area contributed by atoms with Crippen molar-refractivity contribution in [1.29, 1.82) is 0 Å². The number of amides is 1. The zero-order valence-electron chi connectivity index (χ0n) is 15.0. The predicted molar refractivity (Wildman–Crippen MR) is 98.9 cm³/mol. The second-order valence-electron chi connectivity index (χ2n) is 5.94. The first-order valence-electron chi connectivity index (χ1n) is 8.45. The van der Waals surface area contributed by atoms with Gasteiger partial charge in [-0.2, -0.15) is 0 Å². The minimum Gasteiger partial charge on any atom is -0.493 e. The molecule has 1 N–H and O–H groups in total. The third kappa shape index (κ3) is 4.40. The molecule has 0 radical (unpaired) electrons. The summed E-state index contributed by atoms with van der Waals surface area (Å²) in [5, 5.41) is 2.91. The number of carbonyl (C=O) groups excluding carboxylic acids is 1. The van der Waals surface area contributed by atoms with Gasteiger partial charge in [-0.05, 0) is 12.1 Å². The summed E-state index contributed by atoms with van der Waals surface area (Å²) in [6.45, 7) is 3.60. The molecule has 0 bridgehead atoms. The van der Waals surface area contributed by atoms with Crippen molar-refractivity contribution in [3.05, 3.63) is 36.8 Å². The minimum atomic E-state index is -0.0508. The van der Waals surface area contributed by atoms with Crippen molar-refractivity contribution < 1.29 is 14.3 Å². The van der Waals surface area contributed by atoms with Crippen molar-refractivity contribution in [3.8, 4) is 11.5 Å². The van der Waals surface area contributed by atoms with Crippen LogP contribution < -0.4 is 19.7 Å². The molecular formula is C18H23N5O3. The van der Waals surface area contributed by atoms with Crippen LogP contribution in [0.3, 0.4) is 0 Å². The van der Waals surface area contributed by atoms with E-state index < -0.39 is 0 Å². The van der Waals surface area contributed by atoms with E-state index in [9.17, 15) is 4.79 Å². The fraction of sp³-hybridized carbons (Fsp3) is 0.389. The fourth-order valence-electron chi connectivity index (χ4n) is 2.91. The van der Waals surface area contributed by atoms with Gasteiger partial charge in [0.1, 0.15) is 5.82 Å². The Balaban J connectivity index is 1.50. The minimum absolute atomic E-state index is 0.0508. The number of nitrogens with one attached hydrogen (secondary N) is 1. The Morgan fingerprint density at radius 2 is 1.88 bits per heavy atom. The summed E-state index contributed by atoms with van der Waals surface area (Å²) in [6.07, 6.45) is 5.12. The largest absolute Gasteiger partial charge is 0.493 e. The van der Waals surface area contributed by atoms with E-state index in [0.29, 0.717) is 23.7 Å². The highest BCUT2D eigenvalue weighted by molar-refractivity contribution is 5.92. The monoisotopic (exact) mass is 357 g/mol. The van der Waals surface area contributed by atoms with E-state index >= 15 is 0 Å². The summed E-state index contributed by atoms with van der Waals surface area (Å²) >= 11 is 0. The molecule has 1 aliphatic heterocycles. The van der Waals surface area contributed by atoms with Crippen LogP contribution in [0, 0.1) is 0 Å². The molecule has 26 heavy (non-hydrogen) atoms. The molecule has 1 amide bonds. The summed E-state index contributed by atoms with van der Waals surface area (Å²) in [5.41, 5.74) is 0.686. The normalized spacial score (nSPS) is 14.8. The molecular weight excluding hydrogens is 334 g/mol. The van der Waals surface area contributed by atoms with Gasteiger partial charge in [0.05, 0.1) is 27.0 Å². The lowest BCUT2D eigenvalue weighted by Crippen LogP contribution is -2.48. The summed E-state index contributed by atoms with van der Waals surface area (Å²) in [7, 11) is 3.15. The summed E-state index contributed by atoms with van der Waals surface area (Å²) in [6, 6.07) is 5.32. The summed E-state index contributed by atoms with van der Waals surface area (Å²) in [4.78, 5) is 25.0. The third-order valence-electron chi connectivity index (χ3n) is 4.28. The zero-order chi connectivity index (χ0) is 18.4. The predicted octanol–water partition coefficient (Wildman–Crippen LogP) is 1.25. The molecule has 0 aliphatic carbocycles. The Morgan fingerprint density at radius 3 is 2.54 bits per heavy atom. The van der Waals surface area contributed by atoms with E-state index in [1.165, 1.54) is 0 Å². The van der Waals surface area contributed by atoms with Gasteiger partial charge in [0, 0.05) is 50.3 Å². The van der Waals surface area contributed by atoms with Crippen molar-refractivity contribution in [3.63, 3.8) is 0 Å². The number of hydrogen-bond donors (Lipinski definition) is 1. The Hall–Kier alpha value is -2.87. The molecule has 3 rings (SSSR count). The Labute approximate surface area is 152 Å². The standard InChI is InChI=1S/C18H23N5O3/c1-25-15-4-3-14(11-16(15)26-2)21-18(24)13-22-7-9-23(10-8-22)17-12-19-5-6-20-17/h3-6,11-12H,7-10,13H2,1-2H3,(H,21,24). The number of rotatable bonds is 6. The van der Waals surface area contributed by atoms with Gasteiger partial charge in [0.25, 0.3) is 0 Å². The van der Waals surface area contributed by atoms with E-state index in [1.54, 1.807) is 51.0 Å². The summed E-state index contributed by atoms with van der Waals surface area (Å²) in [5.74, 6) is 2.04. The zero-order valence-corrected chi connectivity index (χ0v) is 15.0. The number of piperazine rings is 1. The van der Waals surface area contributed by atoms with Crippen molar-refractivity contribution in [2.45, 2.75) is 0 Å². The van der Waals surface area contributed by atoms with Gasteiger partial charge in [-0.1, -0.05) is 0 Å². The number of nitrogens with zero attached hydrogens (tertiary/aromatic N) is 4. The van der Waals surface area contributed by atoms with Gasteiger partial charge >= 0.3 is 0 Å². The number of aromatic nitrogens is 2. The van der Waals surface area contributed by atoms with Crippen molar-refractivity contribution >= 4 is 17.4 Å². The molecule has 8 nitrogen and oxygen atoms in total. The van der Waals surface area contributed by atoms with Crippen LogP contribution in [0.4, 0.5) is 11.5 Å². The maximum Gasteiger partial charge on any atom is 0.238 e. The van der Waals surface area contributed by atoms with Gasteiger partial charge in [0.2, 0.25) is 5.91 Å². The van der Waals surface area contributed by atoms with E-state index in [1.807, 2.05) is 0 Å². The Morgan fingerprint density at radius 1 is 1.12 bits per heavy atom. The van der Waals surface area contributed by atoms with Crippen LogP contribution in [0.25, 0.3) is 0 Å². The third-order valence-corrected chi connectivity index (χ3v) is 4.28. The van der Waals surface area contributed by atoms with Crippen LogP contribution in [0.1, 0.15) is 0 Å². The fourth-order valence-corrected chi connectivity index (χ4v) is 2.91. The molecule has 1 fully saturated rings. The molecule has 1 saturated heterocycles. The molecule has 0 saturated carbocycles. The quantitative estimate of drug-likeness (QED) is 0.833.